The van der Waals surface area contributed by atoms with Crippen LogP contribution in [-0.4, -0.2) is 27.7 Å². The number of aliphatic hydroxyl groups excluding tert-OH is 1. The Kier molecular flexibility index (Phi) is 4.47. The van der Waals surface area contributed by atoms with E-state index in [2.05, 4.69) is 12.2 Å². The van der Waals surface area contributed by atoms with E-state index >= 15 is 0 Å². The Hall–Kier alpha value is -1.49. The number of carbonyl (C=O) groups excluding carboxylic acids is 1. The van der Waals surface area contributed by atoms with Crippen molar-refractivity contribution in [2.45, 2.75) is 57.7 Å². The van der Waals surface area contributed by atoms with Crippen molar-refractivity contribution in [2.75, 3.05) is 5.73 Å². The number of hydrogen-bond donors (Lipinski definition) is 3. The molecule has 1 aromatic rings. The van der Waals surface area contributed by atoms with Crippen LogP contribution in [0, 0.1) is 0 Å². The number of rotatable bonds is 4. The molecule has 0 unspecified atom stereocenters. The zero-order chi connectivity index (χ0) is 13.8. The van der Waals surface area contributed by atoms with Gasteiger partial charge in [0.15, 0.2) is 0 Å². The quantitative estimate of drug-likeness (QED) is 0.772. The van der Waals surface area contributed by atoms with Crippen LogP contribution in [0.15, 0.2) is 12.3 Å². The van der Waals surface area contributed by atoms with Gasteiger partial charge in [-0.05, 0) is 25.3 Å². The third-order valence-electron chi connectivity index (χ3n) is 3.66. The molecule has 2 rings (SSSR count). The minimum Gasteiger partial charge on any atom is -0.397 e. The van der Waals surface area contributed by atoms with Crippen LogP contribution >= 0.6 is 0 Å². The Morgan fingerprint density at radius 3 is 2.95 bits per heavy atom. The van der Waals surface area contributed by atoms with E-state index in [4.69, 9.17) is 5.73 Å². The van der Waals surface area contributed by atoms with E-state index < -0.39 is 6.10 Å². The average Bonchev–Trinajstić information content (AvgIpc) is 2.74. The van der Waals surface area contributed by atoms with Gasteiger partial charge in [-0.1, -0.05) is 19.8 Å². The largest absolute Gasteiger partial charge is 0.397 e. The van der Waals surface area contributed by atoms with Crippen molar-refractivity contribution >= 4 is 11.6 Å². The maximum Gasteiger partial charge on any atom is 0.268 e. The van der Waals surface area contributed by atoms with E-state index in [1.165, 1.54) is 0 Å². The first-order chi connectivity index (χ1) is 9.11. The van der Waals surface area contributed by atoms with E-state index in [0.717, 1.165) is 38.6 Å². The minimum absolute atomic E-state index is 0.132. The molecule has 5 heteroatoms. The van der Waals surface area contributed by atoms with Crippen LogP contribution in [0.3, 0.4) is 0 Å². The Morgan fingerprint density at radius 1 is 1.53 bits per heavy atom. The third-order valence-corrected chi connectivity index (χ3v) is 3.66. The number of aromatic nitrogens is 1. The molecule has 1 aliphatic rings. The molecule has 1 saturated carbocycles. The SMILES string of the molecule is CCCn1cc(N)cc1C(=O)N[C@H]1CCCC[C@@H]1O. The van der Waals surface area contributed by atoms with Crippen LogP contribution in [0.25, 0.3) is 0 Å². The zero-order valence-electron chi connectivity index (χ0n) is 11.4. The van der Waals surface area contributed by atoms with Crippen molar-refractivity contribution in [3.63, 3.8) is 0 Å². The average molecular weight is 265 g/mol. The van der Waals surface area contributed by atoms with Crippen molar-refractivity contribution in [1.82, 2.24) is 9.88 Å². The normalized spacial score (nSPS) is 23.3. The molecule has 1 aliphatic carbocycles. The van der Waals surface area contributed by atoms with Crippen LogP contribution in [-0.2, 0) is 6.54 Å². The molecule has 2 atom stereocenters. The fourth-order valence-corrected chi connectivity index (χ4v) is 2.67. The maximum atomic E-state index is 12.3. The Labute approximate surface area is 113 Å². The second-order valence-electron chi connectivity index (χ2n) is 5.28. The predicted molar refractivity (Wildman–Crippen MR) is 74.9 cm³/mol. The Morgan fingerprint density at radius 2 is 2.26 bits per heavy atom. The third kappa shape index (κ3) is 3.29. The molecule has 1 aromatic heterocycles. The molecule has 0 bridgehead atoms. The second-order valence-corrected chi connectivity index (χ2v) is 5.28. The highest BCUT2D eigenvalue weighted by Gasteiger charge is 2.25. The smallest absolute Gasteiger partial charge is 0.268 e. The first-order valence-corrected chi connectivity index (χ1v) is 7.06. The molecule has 106 valence electrons. The van der Waals surface area contributed by atoms with Gasteiger partial charge in [-0.2, -0.15) is 0 Å². The van der Waals surface area contributed by atoms with Gasteiger partial charge in [-0.15, -0.1) is 0 Å². The van der Waals surface area contributed by atoms with Crippen LogP contribution in [0.2, 0.25) is 0 Å². The highest BCUT2D eigenvalue weighted by molar-refractivity contribution is 5.94. The number of amides is 1. The van der Waals surface area contributed by atoms with Gasteiger partial charge in [-0.25, -0.2) is 0 Å². The van der Waals surface area contributed by atoms with Gasteiger partial charge in [0.2, 0.25) is 0 Å². The molecule has 0 saturated heterocycles. The Balaban J connectivity index is 2.06. The van der Waals surface area contributed by atoms with E-state index in [-0.39, 0.29) is 11.9 Å². The summed E-state index contributed by atoms with van der Waals surface area (Å²) in [6.07, 6.45) is 6.01. The first kappa shape index (κ1) is 13.9. The lowest BCUT2D eigenvalue weighted by atomic mass is 9.92. The van der Waals surface area contributed by atoms with Gasteiger partial charge < -0.3 is 20.7 Å². The van der Waals surface area contributed by atoms with Gasteiger partial charge >= 0.3 is 0 Å². The second kappa shape index (κ2) is 6.10. The number of anilines is 1. The van der Waals surface area contributed by atoms with Crippen molar-refractivity contribution < 1.29 is 9.90 Å². The molecule has 1 heterocycles. The summed E-state index contributed by atoms with van der Waals surface area (Å²) in [5.41, 5.74) is 6.94. The summed E-state index contributed by atoms with van der Waals surface area (Å²) in [5.74, 6) is -0.143. The lowest BCUT2D eigenvalue weighted by molar-refractivity contribution is 0.0710. The van der Waals surface area contributed by atoms with Gasteiger partial charge in [-0.3, -0.25) is 4.79 Å². The van der Waals surface area contributed by atoms with E-state index in [9.17, 15) is 9.90 Å². The lowest BCUT2D eigenvalue weighted by Crippen LogP contribution is -2.45. The van der Waals surface area contributed by atoms with Crippen molar-refractivity contribution in [3.8, 4) is 0 Å². The number of carbonyl (C=O) groups is 1. The van der Waals surface area contributed by atoms with E-state index in [1.807, 2.05) is 4.57 Å². The number of nitrogens with one attached hydrogen (secondary N) is 1. The van der Waals surface area contributed by atoms with E-state index in [0.29, 0.717) is 11.4 Å². The standard InChI is InChI=1S/C14H23N3O2/c1-2-7-17-9-10(15)8-12(17)14(19)16-11-5-3-4-6-13(11)18/h8-9,11,13,18H,2-7,15H2,1H3,(H,16,19)/t11-,13-/m0/s1. The van der Waals surface area contributed by atoms with E-state index in [1.54, 1.807) is 12.3 Å². The summed E-state index contributed by atoms with van der Waals surface area (Å²) in [4.78, 5) is 12.3. The summed E-state index contributed by atoms with van der Waals surface area (Å²) >= 11 is 0. The molecule has 19 heavy (non-hydrogen) atoms. The first-order valence-electron chi connectivity index (χ1n) is 7.06. The van der Waals surface area contributed by atoms with Crippen LogP contribution in [0.5, 0.6) is 0 Å². The molecule has 1 fully saturated rings. The molecule has 0 spiro atoms. The number of nitrogens with two attached hydrogens (primary N) is 1. The number of aliphatic hydroxyl groups is 1. The molecular formula is C14H23N3O2. The number of aryl methyl sites for hydroxylation is 1. The summed E-state index contributed by atoms with van der Waals surface area (Å²) in [5, 5.41) is 12.8. The van der Waals surface area contributed by atoms with Crippen molar-refractivity contribution in [2.24, 2.45) is 0 Å². The summed E-state index contributed by atoms with van der Waals surface area (Å²) in [6, 6.07) is 1.56. The van der Waals surface area contributed by atoms with Crippen molar-refractivity contribution in [3.05, 3.63) is 18.0 Å². The predicted octanol–water partition coefficient (Wildman–Crippen LogP) is 1.51. The van der Waals surface area contributed by atoms with Gasteiger partial charge in [0.25, 0.3) is 5.91 Å². The molecule has 0 radical (unpaired) electrons. The van der Waals surface area contributed by atoms with Crippen LogP contribution in [0.4, 0.5) is 5.69 Å². The van der Waals surface area contributed by atoms with Gasteiger partial charge in [0, 0.05) is 12.7 Å². The van der Waals surface area contributed by atoms with Crippen molar-refractivity contribution in [1.29, 1.82) is 0 Å². The fourth-order valence-electron chi connectivity index (χ4n) is 2.67. The number of nitrogens with zero attached hydrogens (tertiary/aromatic N) is 1. The maximum absolute atomic E-state index is 12.3. The Bertz CT molecular complexity index is 442. The molecule has 0 aliphatic heterocycles. The molecule has 5 nitrogen and oxygen atoms in total. The highest BCUT2D eigenvalue weighted by atomic mass is 16.3. The molecule has 4 N–H and O–H groups in total. The van der Waals surface area contributed by atoms with Gasteiger partial charge in [0.1, 0.15) is 5.69 Å². The zero-order valence-corrected chi connectivity index (χ0v) is 11.4. The van der Waals surface area contributed by atoms with Crippen LogP contribution < -0.4 is 11.1 Å². The fraction of sp³-hybridized carbons (Fsp3) is 0.643. The number of nitrogen functional groups attached to an aromatic ring is 1. The summed E-state index contributed by atoms with van der Waals surface area (Å²) in [6.45, 7) is 2.83. The van der Waals surface area contributed by atoms with Crippen LogP contribution in [0.1, 0.15) is 49.5 Å². The molecule has 1 amide bonds. The summed E-state index contributed by atoms with van der Waals surface area (Å²) < 4.78 is 1.87. The van der Waals surface area contributed by atoms with Gasteiger partial charge in [0.05, 0.1) is 17.8 Å². The monoisotopic (exact) mass is 265 g/mol. The topological polar surface area (TPSA) is 80.3 Å². The molecular weight excluding hydrogens is 242 g/mol. The minimum atomic E-state index is -0.426. The molecule has 0 aromatic carbocycles. The lowest BCUT2D eigenvalue weighted by Gasteiger charge is -2.28. The highest BCUT2D eigenvalue weighted by Crippen LogP contribution is 2.19. The summed E-state index contributed by atoms with van der Waals surface area (Å²) in [7, 11) is 0. The number of hydrogen-bond acceptors (Lipinski definition) is 3.